The lowest BCUT2D eigenvalue weighted by Gasteiger charge is -2.01. The molecule has 0 saturated heterocycles. The molecule has 0 aliphatic heterocycles. The predicted molar refractivity (Wildman–Crippen MR) is 68.9 cm³/mol. The van der Waals surface area contributed by atoms with E-state index < -0.39 is 13.0 Å². The minimum atomic E-state index is -2.41. The molecule has 0 fully saturated rings. The molecule has 5 nitrogen and oxygen atoms in total. The third-order valence-electron chi connectivity index (χ3n) is 2.21. The Bertz CT molecular complexity index is 339. The average molecular weight is 295 g/mol. The molecule has 1 aromatic heterocycles. The normalized spacial score (nSPS) is 11.4. The molecule has 0 saturated carbocycles. The number of halogens is 2. The summed E-state index contributed by atoms with van der Waals surface area (Å²) in [7, 11) is 1.66. The SMILES string of the molecule is COCCNCCc1nnc(CCOCC(F)F)s1. The predicted octanol–water partition coefficient (Wildman–Crippen LogP) is 1.14. The summed E-state index contributed by atoms with van der Waals surface area (Å²) < 4.78 is 33.4. The Kier molecular flexibility index (Phi) is 8.72. The highest BCUT2D eigenvalue weighted by Crippen LogP contribution is 2.10. The molecule has 0 atom stereocenters. The molecular formula is C11H19F2N3O2S. The molecule has 0 spiro atoms. The fourth-order valence-corrected chi connectivity index (χ4v) is 2.14. The van der Waals surface area contributed by atoms with Crippen LogP contribution in [-0.2, 0) is 22.3 Å². The van der Waals surface area contributed by atoms with Gasteiger partial charge in [-0.15, -0.1) is 21.5 Å². The standard InChI is InChI=1S/C11H19F2N3O2S/c1-17-7-5-14-4-2-10-15-16-11(19-10)3-6-18-8-9(12)13/h9,14H,2-8H2,1H3. The van der Waals surface area contributed by atoms with Crippen molar-refractivity contribution < 1.29 is 18.3 Å². The van der Waals surface area contributed by atoms with Crippen LogP contribution < -0.4 is 5.32 Å². The highest BCUT2D eigenvalue weighted by atomic mass is 32.1. The van der Waals surface area contributed by atoms with Crippen LogP contribution in [0.4, 0.5) is 8.78 Å². The first kappa shape index (κ1) is 16.4. The summed E-state index contributed by atoms with van der Waals surface area (Å²) in [6, 6.07) is 0. The van der Waals surface area contributed by atoms with Gasteiger partial charge in [-0.1, -0.05) is 0 Å². The maximum atomic E-state index is 11.8. The molecule has 0 amide bonds. The maximum absolute atomic E-state index is 11.8. The third kappa shape index (κ3) is 8.14. The average Bonchev–Trinajstić information content (AvgIpc) is 2.82. The van der Waals surface area contributed by atoms with Gasteiger partial charge in [-0.2, -0.15) is 0 Å². The first-order valence-corrected chi connectivity index (χ1v) is 6.91. The zero-order chi connectivity index (χ0) is 13.9. The van der Waals surface area contributed by atoms with Gasteiger partial charge in [0, 0.05) is 33.0 Å². The lowest BCUT2D eigenvalue weighted by Crippen LogP contribution is -2.21. The summed E-state index contributed by atoms with van der Waals surface area (Å²) in [5, 5.41) is 13.0. The van der Waals surface area contributed by atoms with E-state index in [0.717, 1.165) is 29.5 Å². The van der Waals surface area contributed by atoms with E-state index in [9.17, 15) is 8.78 Å². The van der Waals surface area contributed by atoms with E-state index in [1.165, 1.54) is 11.3 Å². The molecule has 0 unspecified atom stereocenters. The monoisotopic (exact) mass is 295 g/mol. The van der Waals surface area contributed by atoms with E-state index in [4.69, 9.17) is 9.47 Å². The van der Waals surface area contributed by atoms with Crippen molar-refractivity contribution in [2.24, 2.45) is 0 Å². The van der Waals surface area contributed by atoms with Gasteiger partial charge in [-0.25, -0.2) is 8.78 Å². The van der Waals surface area contributed by atoms with E-state index in [1.807, 2.05) is 0 Å². The molecule has 0 radical (unpaired) electrons. The lowest BCUT2D eigenvalue weighted by atomic mass is 10.4. The van der Waals surface area contributed by atoms with Gasteiger partial charge in [0.1, 0.15) is 16.6 Å². The van der Waals surface area contributed by atoms with Crippen molar-refractivity contribution in [3.8, 4) is 0 Å². The molecule has 1 N–H and O–H groups in total. The van der Waals surface area contributed by atoms with Crippen LogP contribution in [0.5, 0.6) is 0 Å². The molecule has 0 bridgehead atoms. The maximum Gasteiger partial charge on any atom is 0.261 e. The second-order valence-corrected chi connectivity index (χ2v) is 4.94. The van der Waals surface area contributed by atoms with Crippen molar-refractivity contribution in [2.45, 2.75) is 19.3 Å². The van der Waals surface area contributed by atoms with Gasteiger partial charge >= 0.3 is 0 Å². The van der Waals surface area contributed by atoms with Gasteiger partial charge in [-0.05, 0) is 0 Å². The Balaban J connectivity index is 2.10. The van der Waals surface area contributed by atoms with Crippen LogP contribution in [0.3, 0.4) is 0 Å². The second kappa shape index (κ2) is 10.1. The van der Waals surface area contributed by atoms with Crippen molar-refractivity contribution in [1.82, 2.24) is 15.5 Å². The fraction of sp³-hybridized carbons (Fsp3) is 0.818. The number of nitrogens with one attached hydrogen (secondary N) is 1. The van der Waals surface area contributed by atoms with E-state index in [-0.39, 0.29) is 6.61 Å². The van der Waals surface area contributed by atoms with Crippen LogP contribution in [0, 0.1) is 0 Å². The van der Waals surface area contributed by atoms with Crippen molar-refractivity contribution in [3.63, 3.8) is 0 Å². The van der Waals surface area contributed by atoms with Crippen LogP contribution >= 0.6 is 11.3 Å². The van der Waals surface area contributed by atoms with Crippen molar-refractivity contribution in [3.05, 3.63) is 10.0 Å². The van der Waals surface area contributed by atoms with Gasteiger partial charge in [0.2, 0.25) is 0 Å². The van der Waals surface area contributed by atoms with Gasteiger partial charge in [-0.3, -0.25) is 0 Å². The molecule has 0 aliphatic carbocycles. The van der Waals surface area contributed by atoms with Gasteiger partial charge in [0.05, 0.1) is 13.2 Å². The van der Waals surface area contributed by atoms with Gasteiger partial charge < -0.3 is 14.8 Å². The van der Waals surface area contributed by atoms with Crippen LogP contribution in [-0.4, -0.2) is 56.6 Å². The van der Waals surface area contributed by atoms with E-state index in [0.29, 0.717) is 13.0 Å². The van der Waals surface area contributed by atoms with Crippen molar-refractivity contribution in [2.75, 3.05) is 40.0 Å². The van der Waals surface area contributed by atoms with Crippen LogP contribution in [0.2, 0.25) is 0 Å². The number of aromatic nitrogens is 2. The number of methoxy groups -OCH3 is 1. The minimum Gasteiger partial charge on any atom is -0.383 e. The topological polar surface area (TPSA) is 56.3 Å². The van der Waals surface area contributed by atoms with E-state index in [1.54, 1.807) is 7.11 Å². The third-order valence-corrected chi connectivity index (χ3v) is 3.25. The smallest absolute Gasteiger partial charge is 0.261 e. The minimum absolute atomic E-state index is 0.255. The molecule has 110 valence electrons. The quantitative estimate of drug-likeness (QED) is 0.621. The number of rotatable bonds is 11. The molecule has 19 heavy (non-hydrogen) atoms. The Morgan fingerprint density at radius 3 is 2.58 bits per heavy atom. The van der Waals surface area contributed by atoms with Crippen LogP contribution in [0.25, 0.3) is 0 Å². The van der Waals surface area contributed by atoms with Crippen LogP contribution in [0.1, 0.15) is 10.0 Å². The van der Waals surface area contributed by atoms with Gasteiger partial charge in [0.15, 0.2) is 0 Å². The summed E-state index contributed by atoms with van der Waals surface area (Å²) in [5.41, 5.74) is 0. The Hall–Kier alpha value is -0.700. The number of alkyl halides is 2. The van der Waals surface area contributed by atoms with Crippen molar-refractivity contribution >= 4 is 11.3 Å². The summed E-state index contributed by atoms with van der Waals surface area (Å²) in [5.74, 6) is 0. The number of hydrogen-bond donors (Lipinski definition) is 1. The molecular weight excluding hydrogens is 276 g/mol. The zero-order valence-electron chi connectivity index (χ0n) is 10.9. The molecule has 1 heterocycles. The first-order valence-electron chi connectivity index (χ1n) is 6.09. The molecule has 1 rings (SSSR count). The Morgan fingerprint density at radius 1 is 1.16 bits per heavy atom. The Labute approximate surface area is 115 Å². The zero-order valence-corrected chi connectivity index (χ0v) is 11.7. The number of nitrogens with zero attached hydrogens (tertiary/aromatic N) is 2. The summed E-state index contributed by atoms with van der Waals surface area (Å²) in [4.78, 5) is 0. The highest BCUT2D eigenvalue weighted by Gasteiger charge is 2.05. The molecule has 1 aromatic rings. The first-order chi connectivity index (χ1) is 9.22. The molecule has 0 aliphatic rings. The van der Waals surface area contributed by atoms with Crippen molar-refractivity contribution in [1.29, 1.82) is 0 Å². The summed E-state index contributed by atoms with van der Waals surface area (Å²) in [6.45, 7) is 2.05. The number of ether oxygens (including phenoxy) is 2. The number of hydrogen-bond acceptors (Lipinski definition) is 6. The highest BCUT2D eigenvalue weighted by molar-refractivity contribution is 7.11. The second-order valence-electron chi connectivity index (χ2n) is 3.80. The molecule has 0 aromatic carbocycles. The fourth-order valence-electron chi connectivity index (χ4n) is 1.32. The lowest BCUT2D eigenvalue weighted by molar-refractivity contribution is 0.0186. The molecule has 8 heteroatoms. The Morgan fingerprint density at radius 2 is 1.89 bits per heavy atom. The summed E-state index contributed by atoms with van der Waals surface area (Å²) >= 11 is 1.49. The van der Waals surface area contributed by atoms with E-state index >= 15 is 0 Å². The van der Waals surface area contributed by atoms with Gasteiger partial charge in [0.25, 0.3) is 6.43 Å². The largest absolute Gasteiger partial charge is 0.383 e. The van der Waals surface area contributed by atoms with E-state index in [2.05, 4.69) is 15.5 Å². The van der Waals surface area contributed by atoms with Crippen LogP contribution in [0.15, 0.2) is 0 Å². The summed E-state index contributed by atoms with van der Waals surface area (Å²) in [6.07, 6.45) is -1.08.